The van der Waals surface area contributed by atoms with Gasteiger partial charge in [0, 0.05) is 17.6 Å². The zero-order chi connectivity index (χ0) is 16.2. The molecule has 0 bridgehead atoms. The second-order valence-electron chi connectivity index (χ2n) is 5.34. The number of aromatic nitrogens is 3. The van der Waals surface area contributed by atoms with Gasteiger partial charge in [0.2, 0.25) is 0 Å². The Balaban J connectivity index is 1.88. The molecule has 0 aliphatic rings. The minimum Gasteiger partial charge on any atom is -0.462 e. The Morgan fingerprint density at radius 2 is 1.96 bits per heavy atom. The highest BCUT2D eigenvalue weighted by Crippen LogP contribution is 2.29. The molecule has 1 heterocycles. The maximum absolute atomic E-state index is 11.5. The predicted octanol–water partition coefficient (Wildman–Crippen LogP) is 3.29. The molecular weight excluding hydrogens is 290 g/mol. The molecule has 0 atom stereocenters. The van der Waals surface area contributed by atoms with Crippen LogP contribution in [-0.4, -0.2) is 28.0 Å². The Bertz CT molecular complexity index is 867. The third-order valence-corrected chi connectivity index (χ3v) is 3.62. The highest BCUT2D eigenvalue weighted by atomic mass is 16.5. The number of carbonyl (C=O) groups excluding carboxylic acids is 1. The molecule has 0 spiro atoms. The van der Waals surface area contributed by atoms with Crippen molar-refractivity contribution in [1.29, 1.82) is 0 Å². The molecule has 3 rings (SSSR count). The van der Waals surface area contributed by atoms with E-state index in [4.69, 9.17) is 4.74 Å². The van der Waals surface area contributed by atoms with E-state index < -0.39 is 0 Å². The Hall–Kier alpha value is -2.95. The van der Waals surface area contributed by atoms with E-state index in [1.54, 1.807) is 6.92 Å². The fourth-order valence-electron chi connectivity index (χ4n) is 2.47. The van der Waals surface area contributed by atoms with Crippen molar-refractivity contribution in [2.45, 2.75) is 13.3 Å². The predicted molar refractivity (Wildman–Crippen MR) is 88.8 cm³/mol. The zero-order valence-electron chi connectivity index (χ0n) is 12.9. The smallest absolute Gasteiger partial charge is 0.333 e. The molecule has 23 heavy (non-hydrogen) atoms. The Labute approximate surface area is 134 Å². The molecule has 0 saturated carbocycles. The van der Waals surface area contributed by atoms with Crippen LogP contribution in [0.3, 0.4) is 0 Å². The van der Waals surface area contributed by atoms with Gasteiger partial charge < -0.3 is 4.74 Å². The van der Waals surface area contributed by atoms with Crippen molar-refractivity contribution in [3.05, 3.63) is 60.2 Å². The first-order valence-electron chi connectivity index (χ1n) is 7.37. The maximum Gasteiger partial charge on any atom is 0.333 e. The van der Waals surface area contributed by atoms with E-state index >= 15 is 0 Å². The molecule has 0 saturated heterocycles. The van der Waals surface area contributed by atoms with Crippen LogP contribution >= 0.6 is 0 Å². The topological polar surface area (TPSA) is 67.9 Å². The first-order chi connectivity index (χ1) is 11.2. The lowest BCUT2D eigenvalue weighted by atomic mass is 9.97. The van der Waals surface area contributed by atoms with Crippen LogP contribution in [0.5, 0.6) is 0 Å². The Morgan fingerprint density at radius 1 is 1.17 bits per heavy atom. The highest BCUT2D eigenvalue weighted by molar-refractivity contribution is 5.92. The van der Waals surface area contributed by atoms with Gasteiger partial charge in [0.1, 0.15) is 5.52 Å². The van der Waals surface area contributed by atoms with Gasteiger partial charge in [-0.15, -0.1) is 5.10 Å². The summed E-state index contributed by atoms with van der Waals surface area (Å²) in [6, 6.07) is 14.0. The molecule has 1 N–H and O–H groups in total. The van der Waals surface area contributed by atoms with Gasteiger partial charge in [0.05, 0.1) is 12.1 Å². The van der Waals surface area contributed by atoms with Crippen LogP contribution in [-0.2, 0) is 16.0 Å². The number of benzene rings is 2. The van der Waals surface area contributed by atoms with Crippen molar-refractivity contribution in [2.75, 3.05) is 6.61 Å². The Morgan fingerprint density at radius 3 is 2.78 bits per heavy atom. The molecular formula is C18H17N3O2. The normalized spacial score (nSPS) is 10.7. The highest BCUT2D eigenvalue weighted by Gasteiger charge is 2.11. The number of fused-ring (bicyclic) bond motifs is 1. The van der Waals surface area contributed by atoms with Crippen LogP contribution in [0.2, 0.25) is 0 Å². The van der Waals surface area contributed by atoms with Crippen LogP contribution in [0.4, 0.5) is 0 Å². The molecule has 3 aromatic rings. The van der Waals surface area contributed by atoms with E-state index in [1.807, 2.05) is 42.5 Å². The molecule has 2 aromatic carbocycles. The number of nitrogens with zero attached hydrogens (tertiary/aromatic N) is 2. The number of hydrogen-bond donors (Lipinski definition) is 1. The van der Waals surface area contributed by atoms with E-state index in [-0.39, 0.29) is 5.97 Å². The average Bonchev–Trinajstić information content (AvgIpc) is 3.03. The third-order valence-electron chi connectivity index (χ3n) is 3.62. The molecule has 0 radical (unpaired) electrons. The Kier molecular flexibility index (Phi) is 4.19. The molecule has 5 nitrogen and oxygen atoms in total. The minimum atomic E-state index is -0.360. The first kappa shape index (κ1) is 15.0. The van der Waals surface area contributed by atoms with E-state index in [9.17, 15) is 4.79 Å². The minimum absolute atomic E-state index is 0.317. The molecule has 5 heteroatoms. The second kappa shape index (κ2) is 6.44. The summed E-state index contributed by atoms with van der Waals surface area (Å²) in [6.07, 6.45) is 0.628. The van der Waals surface area contributed by atoms with Crippen LogP contribution in [0.1, 0.15) is 12.5 Å². The van der Waals surface area contributed by atoms with Crippen molar-refractivity contribution in [3.63, 3.8) is 0 Å². The summed E-state index contributed by atoms with van der Waals surface area (Å²) < 4.78 is 5.20. The SMILES string of the molecule is C=C(C)C(=O)OCCc1ccccc1-c1cccc2[nH]nnc12. The summed E-state index contributed by atoms with van der Waals surface area (Å²) in [6.45, 7) is 5.54. The monoisotopic (exact) mass is 307 g/mol. The number of rotatable bonds is 5. The number of esters is 1. The van der Waals surface area contributed by atoms with Gasteiger partial charge in [0.15, 0.2) is 0 Å². The van der Waals surface area contributed by atoms with Gasteiger partial charge >= 0.3 is 5.97 Å². The number of ether oxygens (including phenoxy) is 1. The van der Waals surface area contributed by atoms with E-state index in [0.29, 0.717) is 18.6 Å². The number of carbonyl (C=O) groups is 1. The fraction of sp³-hybridized carbons (Fsp3) is 0.167. The van der Waals surface area contributed by atoms with Gasteiger partial charge in [-0.2, -0.15) is 0 Å². The first-order valence-corrected chi connectivity index (χ1v) is 7.37. The lowest BCUT2D eigenvalue weighted by Crippen LogP contribution is -2.08. The van der Waals surface area contributed by atoms with Gasteiger partial charge in [-0.25, -0.2) is 4.79 Å². The molecule has 116 valence electrons. The lowest BCUT2D eigenvalue weighted by Gasteiger charge is -2.10. The van der Waals surface area contributed by atoms with Gasteiger partial charge in [-0.05, 0) is 24.1 Å². The van der Waals surface area contributed by atoms with E-state index in [2.05, 4.69) is 22.0 Å². The van der Waals surface area contributed by atoms with Crippen LogP contribution in [0, 0.1) is 0 Å². The largest absolute Gasteiger partial charge is 0.462 e. The number of H-pyrrole nitrogens is 1. The van der Waals surface area contributed by atoms with Gasteiger partial charge in [-0.3, -0.25) is 5.10 Å². The van der Waals surface area contributed by atoms with E-state index in [1.165, 1.54) is 0 Å². The van der Waals surface area contributed by atoms with Crippen LogP contribution < -0.4 is 0 Å². The van der Waals surface area contributed by atoms with Crippen molar-refractivity contribution in [2.24, 2.45) is 0 Å². The summed E-state index contributed by atoms with van der Waals surface area (Å²) in [5, 5.41) is 10.9. The summed E-state index contributed by atoms with van der Waals surface area (Å²) in [5.41, 5.74) is 5.31. The quantitative estimate of drug-likeness (QED) is 0.580. The molecule has 0 aliphatic heterocycles. The van der Waals surface area contributed by atoms with Crippen LogP contribution in [0.25, 0.3) is 22.2 Å². The van der Waals surface area contributed by atoms with Crippen molar-refractivity contribution in [1.82, 2.24) is 15.4 Å². The maximum atomic E-state index is 11.5. The second-order valence-corrected chi connectivity index (χ2v) is 5.34. The molecule has 0 amide bonds. The molecule has 1 aromatic heterocycles. The zero-order valence-corrected chi connectivity index (χ0v) is 12.9. The van der Waals surface area contributed by atoms with Gasteiger partial charge in [0.25, 0.3) is 0 Å². The third kappa shape index (κ3) is 3.13. The molecule has 0 unspecified atom stereocenters. The lowest BCUT2D eigenvalue weighted by molar-refractivity contribution is -0.138. The number of nitrogens with one attached hydrogen (secondary N) is 1. The van der Waals surface area contributed by atoms with E-state index in [0.717, 1.165) is 27.7 Å². The van der Waals surface area contributed by atoms with Crippen molar-refractivity contribution >= 4 is 17.0 Å². The molecule has 0 aliphatic carbocycles. The summed E-state index contributed by atoms with van der Waals surface area (Å²) in [7, 11) is 0. The van der Waals surface area contributed by atoms with Crippen molar-refractivity contribution < 1.29 is 9.53 Å². The number of hydrogen-bond acceptors (Lipinski definition) is 4. The fourth-order valence-corrected chi connectivity index (χ4v) is 2.47. The summed E-state index contributed by atoms with van der Waals surface area (Å²) >= 11 is 0. The van der Waals surface area contributed by atoms with Crippen molar-refractivity contribution in [3.8, 4) is 11.1 Å². The average molecular weight is 307 g/mol. The molecule has 0 fully saturated rings. The summed E-state index contributed by atoms with van der Waals surface area (Å²) in [5.74, 6) is -0.360. The summed E-state index contributed by atoms with van der Waals surface area (Å²) in [4.78, 5) is 11.5. The van der Waals surface area contributed by atoms with Crippen LogP contribution in [0.15, 0.2) is 54.6 Å². The standard InChI is InChI=1S/C18H17N3O2/c1-12(2)18(22)23-11-10-13-6-3-4-7-14(13)15-8-5-9-16-17(15)20-21-19-16/h3-9H,1,10-11H2,2H3,(H,19,20,21). The number of aromatic amines is 1. The van der Waals surface area contributed by atoms with Gasteiger partial charge in [-0.1, -0.05) is 48.2 Å².